The average molecular weight is 406 g/mol. The van der Waals surface area contributed by atoms with E-state index in [0.717, 1.165) is 22.1 Å². The summed E-state index contributed by atoms with van der Waals surface area (Å²) < 4.78 is 21.0. The zero-order chi connectivity index (χ0) is 18.2. The van der Waals surface area contributed by atoms with Gasteiger partial charge in [-0.15, -0.1) is 0 Å². The van der Waals surface area contributed by atoms with E-state index >= 15 is 0 Å². The second kappa shape index (κ2) is 6.79. The highest BCUT2D eigenvalue weighted by molar-refractivity contribution is 9.10. The van der Waals surface area contributed by atoms with Crippen molar-refractivity contribution in [2.45, 2.75) is 45.3 Å². The van der Waals surface area contributed by atoms with Crippen molar-refractivity contribution in [3.05, 3.63) is 63.9 Å². The smallest absolute Gasteiger partial charge is 0.415 e. The van der Waals surface area contributed by atoms with Gasteiger partial charge in [-0.3, -0.25) is 4.90 Å². The van der Waals surface area contributed by atoms with Crippen LogP contribution >= 0.6 is 15.9 Å². The molecule has 0 saturated heterocycles. The molecule has 0 N–H and O–H groups in total. The molecule has 2 aromatic carbocycles. The van der Waals surface area contributed by atoms with E-state index in [2.05, 4.69) is 15.9 Å². The number of rotatable bonds is 1. The highest BCUT2D eigenvalue weighted by Crippen LogP contribution is 2.41. The van der Waals surface area contributed by atoms with Crippen molar-refractivity contribution < 1.29 is 13.9 Å². The Kier molecular flexibility index (Phi) is 4.87. The number of carbonyl (C=O) groups excluding carboxylic acids is 1. The number of halogens is 2. The molecule has 1 amide bonds. The third-order valence-corrected chi connectivity index (χ3v) is 4.65. The summed E-state index contributed by atoms with van der Waals surface area (Å²) in [5, 5.41) is 0. The predicted octanol–water partition coefficient (Wildman–Crippen LogP) is 6.02. The van der Waals surface area contributed by atoms with Gasteiger partial charge in [0.15, 0.2) is 0 Å². The predicted molar refractivity (Wildman–Crippen MR) is 100 cm³/mol. The summed E-state index contributed by atoms with van der Waals surface area (Å²) in [7, 11) is 0. The molecule has 3 nitrogen and oxygen atoms in total. The third-order valence-electron chi connectivity index (χ3n) is 4.15. The highest BCUT2D eigenvalue weighted by Gasteiger charge is 2.36. The Balaban J connectivity index is 2.07. The molecule has 1 aliphatic heterocycles. The molecule has 132 valence electrons. The largest absolute Gasteiger partial charge is 0.443 e. The van der Waals surface area contributed by atoms with E-state index in [1.807, 2.05) is 39.0 Å². The first-order chi connectivity index (χ1) is 11.8. The molecule has 0 aromatic heterocycles. The summed E-state index contributed by atoms with van der Waals surface area (Å²) in [6.07, 6.45) is 0.959. The SMILES string of the molecule is CC(C)(C)OC(=O)N1c2ccc(Br)cc2CCC1c1ccccc1F. The van der Waals surface area contributed by atoms with Crippen molar-refractivity contribution in [2.24, 2.45) is 0 Å². The molecule has 0 radical (unpaired) electrons. The lowest BCUT2D eigenvalue weighted by atomic mass is 9.91. The number of carbonyl (C=O) groups is 1. The molecule has 5 heteroatoms. The van der Waals surface area contributed by atoms with Crippen LogP contribution in [0.4, 0.5) is 14.9 Å². The van der Waals surface area contributed by atoms with E-state index in [0.29, 0.717) is 12.0 Å². The van der Waals surface area contributed by atoms with Gasteiger partial charge in [-0.1, -0.05) is 34.1 Å². The van der Waals surface area contributed by atoms with Crippen molar-refractivity contribution in [1.82, 2.24) is 0 Å². The molecule has 1 heterocycles. The monoisotopic (exact) mass is 405 g/mol. The molecule has 0 aliphatic carbocycles. The minimum Gasteiger partial charge on any atom is -0.443 e. The van der Waals surface area contributed by atoms with Gasteiger partial charge in [0.25, 0.3) is 0 Å². The zero-order valence-electron chi connectivity index (χ0n) is 14.6. The topological polar surface area (TPSA) is 29.5 Å². The van der Waals surface area contributed by atoms with Crippen LogP contribution < -0.4 is 4.90 Å². The van der Waals surface area contributed by atoms with Gasteiger partial charge in [-0.25, -0.2) is 9.18 Å². The van der Waals surface area contributed by atoms with Gasteiger partial charge in [-0.05, 0) is 63.4 Å². The van der Waals surface area contributed by atoms with Gasteiger partial charge in [0, 0.05) is 10.0 Å². The summed E-state index contributed by atoms with van der Waals surface area (Å²) >= 11 is 3.47. The van der Waals surface area contributed by atoms with Crippen molar-refractivity contribution >= 4 is 27.7 Å². The van der Waals surface area contributed by atoms with Gasteiger partial charge in [0.05, 0.1) is 11.7 Å². The summed E-state index contributed by atoms with van der Waals surface area (Å²) in [6, 6.07) is 12.0. The molecular weight excluding hydrogens is 385 g/mol. The summed E-state index contributed by atoms with van der Waals surface area (Å²) in [5.41, 5.74) is 1.72. The first kappa shape index (κ1) is 17.9. The molecule has 0 saturated carbocycles. The summed E-state index contributed by atoms with van der Waals surface area (Å²) in [6.45, 7) is 5.49. The Labute approximate surface area is 155 Å². The maximum absolute atomic E-state index is 14.4. The van der Waals surface area contributed by atoms with Crippen LogP contribution in [0.15, 0.2) is 46.9 Å². The van der Waals surface area contributed by atoms with Crippen LogP contribution in [-0.4, -0.2) is 11.7 Å². The van der Waals surface area contributed by atoms with E-state index in [1.165, 1.54) is 6.07 Å². The fraction of sp³-hybridized carbons (Fsp3) is 0.350. The summed E-state index contributed by atoms with van der Waals surface area (Å²) in [4.78, 5) is 14.5. The molecule has 0 bridgehead atoms. The number of aryl methyl sites for hydroxylation is 1. The fourth-order valence-corrected chi connectivity index (χ4v) is 3.56. The highest BCUT2D eigenvalue weighted by atomic mass is 79.9. The van der Waals surface area contributed by atoms with Crippen LogP contribution in [0.1, 0.15) is 44.4 Å². The molecular formula is C20H21BrFNO2. The second-order valence-corrected chi connectivity index (χ2v) is 8.12. The van der Waals surface area contributed by atoms with Crippen LogP contribution in [0.2, 0.25) is 0 Å². The molecule has 1 atom stereocenters. The maximum atomic E-state index is 14.4. The van der Waals surface area contributed by atoms with E-state index < -0.39 is 11.7 Å². The molecule has 1 unspecified atom stereocenters. The number of hydrogen-bond acceptors (Lipinski definition) is 2. The minimum atomic E-state index is -0.621. The first-order valence-corrected chi connectivity index (χ1v) is 9.10. The number of anilines is 1. The van der Waals surface area contributed by atoms with E-state index in [9.17, 15) is 9.18 Å². The van der Waals surface area contributed by atoms with Crippen molar-refractivity contribution in [3.8, 4) is 0 Å². The molecule has 0 spiro atoms. The maximum Gasteiger partial charge on any atom is 0.415 e. The molecule has 1 aliphatic rings. The standard InChI is InChI=1S/C20H21BrFNO2/c1-20(2,3)25-19(24)23-17-11-9-14(21)12-13(17)8-10-18(23)15-6-4-5-7-16(15)22/h4-7,9,11-12,18H,8,10H2,1-3H3. The lowest BCUT2D eigenvalue weighted by molar-refractivity contribution is 0.0559. The fourth-order valence-electron chi connectivity index (χ4n) is 3.16. The lowest BCUT2D eigenvalue weighted by Crippen LogP contribution is -2.42. The quantitative estimate of drug-likeness (QED) is 0.580. The lowest BCUT2D eigenvalue weighted by Gasteiger charge is -2.38. The van der Waals surface area contributed by atoms with Crippen LogP contribution in [0.5, 0.6) is 0 Å². The van der Waals surface area contributed by atoms with Gasteiger partial charge in [0.1, 0.15) is 11.4 Å². The molecule has 0 fully saturated rings. The minimum absolute atomic E-state index is 0.304. The van der Waals surface area contributed by atoms with Crippen molar-refractivity contribution in [3.63, 3.8) is 0 Å². The van der Waals surface area contributed by atoms with Crippen LogP contribution in [0.3, 0.4) is 0 Å². The summed E-state index contributed by atoms with van der Waals surface area (Å²) in [5.74, 6) is -0.304. The molecule has 2 aromatic rings. The number of amides is 1. The number of fused-ring (bicyclic) bond motifs is 1. The van der Waals surface area contributed by atoms with Gasteiger partial charge >= 0.3 is 6.09 Å². The Morgan fingerprint density at radius 3 is 2.64 bits per heavy atom. The number of ether oxygens (including phenoxy) is 1. The van der Waals surface area contributed by atoms with Gasteiger partial charge < -0.3 is 4.74 Å². The number of benzene rings is 2. The van der Waals surface area contributed by atoms with E-state index in [4.69, 9.17) is 4.74 Å². The van der Waals surface area contributed by atoms with Crippen LogP contribution in [0.25, 0.3) is 0 Å². The van der Waals surface area contributed by atoms with Gasteiger partial charge in [-0.2, -0.15) is 0 Å². The Bertz CT molecular complexity index is 801. The number of nitrogens with zero attached hydrogens (tertiary/aromatic N) is 1. The second-order valence-electron chi connectivity index (χ2n) is 7.20. The molecule has 25 heavy (non-hydrogen) atoms. The van der Waals surface area contributed by atoms with E-state index in [1.54, 1.807) is 23.1 Å². The number of hydrogen-bond donors (Lipinski definition) is 0. The Morgan fingerprint density at radius 1 is 1.24 bits per heavy atom. The van der Waals surface area contributed by atoms with E-state index in [-0.39, 0.29) is 11.9 Å². The van der Waals surface area contributed by atoms with Crippen LogP contribution in [-0.2, 0) is 11.2 Å². The van der Waals surface area contributed by atoms with Crippen LogP contribution in [0, 0.1) is 5.82 Å². The van der Waals surface area contributed by atoms with Gasteiger partial charge in [0.2, 0.25) is 0 Å². The zero-order valence-corrected chi connectivity index (χ0v) is 16.1. The van der Waals surface area contributed by atoms with Crippen molar-refractivity contribution in [1.29, 1.82) is 0 Å². The first-order valence-electron chi connectivity index (χ1n) is 8.31. The Hall–Kier alpha value is -1.88. The average Bonchev–Trinajstić information content (AvgIpc) is 2.52. The molecule has 3 rings (SSSR count). The third kappa shape index (κ3) is 3.87. The normalized spacial score (nSPS) is 17.2. The Morgan fingerprint density at radius 2 is 1.96 bits per heavy atom. The van der Waals surface area contributed by atoms with Crippen molar-refractivity contribution in [2.75, 3.05) is 4.90 Å².